The van der Waals surface area contributed by atoms with Gasteiger partial charge in [0.05, 0.1) is 0 Å². The van der Waals surface area contributed by atoms with Crippen molar-refractivity contribution < 1.29 is 89.1 Å². The summed E-state index contributed by atoms with van der Waals surface area (Å²) in [5.74, 6) is -1.64. The van der Waals surface area contributed by atoms with Crippen molar-refractivity contribution in [1.82, 2.24) is 0 Å². The molecule has 0 aromatic carbocycles. The second kappa shape index (κ2) is 10.00. The number of hydrogen-bond donors (Lipinski definition) is 3. The van der Waals surface area contributed by atoms with Crippen molar-refractivity contribution in [3.05, 3.63) is 0 Å². The molecule has 1 amide bonds. The van der Waals surface area contributed by atoms with Crippen molar-refractivity contribution in [3.8, 4) is 0 Å². The topological polar surface area (TPSA) is 136 Å². The Morgan fingerprint density at radius 3 is 2.08 bits per heavy atom. The van der Waals surface area contributed by atoms with E-state index in [1.807, 2.05) is 0 Å². The van der Waals surface area contributed by atoms with Gasteiger partial charge in [0.2, 0.25) is 5.91 Å². The summed E-state index contributed by atoms with van der Waals surface area (Å²) in [6.07, 6.45) is 0.123. The maximum atomic E-state index is 10.1. The third-order valence-electron chi connectivity index (χ3n) is 1.02. The van der Waals surface area contributed by atoms with Crippen LogP contribution in [0.2, 0.25) is 0 Å². The van der Waals surface area contributed by atoms with E-state index in [1.165, 1.54) is 0 Å². The van der Waals surface area contributed by atoms with Crippen LogP contribution in [0.3, 0.4) is 0 Å². The molecule has 0 bridgehead atoms. The summed E-state index contributed by atoms with van der Waals surface area (Å²) in [7, 11) is 0. The van der Waals surface area contributed by atoms with E-state index in [-0.39, 0.29) is 87.2 Å². The Morgan fingerprint density at radius 2 is 1.83 bits per heavy atom. The molecule has 0 aromatic heterocycles. The summed E-state index contributed by atoms with van der Waals surface area (Å²) < 4.78 is 0. The van der Waals surface area contributed by atoms with E-state index in [1.54, 1.807) is 0 Å². The number of aliphatic carboxylic acids is 1. The van der Waals surface area contributed by atoms with E-state index in [9.17, 15) is 9.59 Å². The molecule has 0 radical (unpaired) electrons. The monoisotopic (exact) mass is 296 g/mol. The Balaban J connectivity index is -0.000000405. The Morgan fingerprint density at radius 1 is 1.42 bits per heavy atom. The predicted molar refractivity (Wildman–Crippen MR) is 36.0 cm³/mol. The van der Waals surface area contributed by atoms with Crippen LogP contribution < -0.4 is 80.4 Å². The minimum Gasteiger partial charge on any atom is -0.870 e. The molecular weight excluding hydrogens is 285 g/mol. The summed E-state index contributed by atoms with van der Waals surface area (Å²) in [6, 6.07) is -0.979. The largest absolute Gasteiger partial charge is 1.00 e. The number of carbonyl (C=O) groups excluding carboxylic acids is 1. The van der Waals surface area contributed by atoms with Crippen LogP contribution in [0, 0.1) is 0 Å². The smallest absolute Gasteiger partial charge is 0.870 e. The van der Waals surface area contributed by atoms with Crippen molar-refractivity contribution in [1.29, 1.82) is 0 Å². The second-order valence-corrected chi connectivity index (χ2v) is 1.95. The van der Waals surface area contributed by atoms with Gasteiger partial charge in [-0.3, -0.25) is 9.59 Å². The van der Waals surface area contributed by atoms with Crippen LogP contribution in [-0.4, -0.2) is 28.5 Å². The van der Waals surface area contributed by atoms with Gasteiger partial charge < -0.3 is 22.1 Å². The zero-order valence-corrected chi connectivity index (χ0v) is 13.1. The summed E-state index contributed by atoms with van der Waals surface area (Å²) in [5.41, 5.74) is 9.81. The molecule has 7 heteroatoms. The molecule has 0 rings (SSSR count). The van der Waals surface area contributed by atoms with Crippen LogP contribution in [0.4, 0.5) is 0 Å². The van der Waals surface area contributed by atoms with Gasteiger partial charge in [-0.15, -0.1) is 0 Å². The molecule has 0 spiro atoms. The van der Waals surface area contributed by atoms with E-state index in [2.05, 4.69) is 0 Å². The van der Waals surface area contributed by atoms with Crippen molar-refractivity contribution in [2.45, 2.75) is 18.9 Å². The molecule has 0 aliphatic heterocycles. The number of primary amides is 1. The Kier molecular flexibility index (Phi) is 15.5. The third-order valence-corrected chi connectivity index (χ3v) is 1.02. The van der Waals surface area contributed by atoms with E-state index >= 15 is 0 Å². The number of carbonyl (C=O) groups is 2. The molecule has 0 aliphatic carbocycles. The number of rotatable bonds is 4. The first kappa shape index (κ1) is 18.6. The quantitative estimate of drug-likeness (QED) is 0.480. The van der Waals surface area contributed by atoms with Crippen molar-refractivity contribution in [3.63, 3.8) is 0 Å². The van der Waals surface area contributed by atoms with Gasteiger partial charge in [0.25, 0.3) is 0 Å². The van der Waals surface area contributed by atoms with Gasteiger partial charge in [-0.1, -0.05) is 0 Å². The van der Waals surface area contributed by atoms with Crippen LogP contribution in [0.15, 0.2) is 0 Å². The summed E-state index contributed by atoms with van der Waals surface area (Å²) in [5, 5.41) is 8.22. The van der Waals surface area contributed by atoms with Crippen molar-refractivity contribution in [2.75, 3.05) is 0 Å². The fourth-order valence-corrected chi connectivity index (χ4v) is 0.421. The fourth-order valence-electron chi connectivity index (χ4n) is 0.421. The van der Waals surface area contributed by atoms with Crippen LogP contribution in [0.25, 0.3) is 0 Å². The number of amides is 1. The summed E-state index contributed by atoms with van der Waals surface area (Å²) in [6.45, 7) is 0. The van der Waals surface area contributed by atoms with Crippen molar-refractivity contribution in [2.24, 2.45) is 11.5 Å². The minimum atomic E-state index is -1.11. The maximum Gasteiger partial charge on any atom is 1.00 e. The first-order valence-electron chi connectivity index (χ1n) is 2.80. The Hall–Kier alpha value is 0.912. The van der Waals surface area contributed by atoms with Crippen LogP contribution in [0.1, 0.15) is 12.8 Å². The first-order chi connectivity index (χ1) is 4.54. The van der Waals surface area contributed by atoms with Crippen molar-refractivity contribution >= 4 is 11.9 Å². The molecule has 0 fully saturated rings. The molecule has 0 saturated heterocycles. The number of hydrogen-bond acceptors (Lipinski definition) is 4. The molecule has 1 atom stereocenters. The Bertz CT molecular complexity index is 152. The van der Waals surface area contributed by atoms with Gasteiger partial charge in [-0.05, 0) is 6.42 Å². The first-order valence-corrected chi connectivity index (χ1v) is 2.80. The Labute approximate surface area is 129 Å². The summed E-state index contributed by atoms with van der Waals surface area (Å²) in [4.78, 5) is 20.1. The minimum absolute atomic E-state index is 0. The molecule has 0 saturated carbocycles. The van der Waals surface area contributed by atoms with E-state index < -0.39 is 17.9 Å². The van der Waals surface area contributed by atoms with Gasteiger partial charge in [0.1, 0.15) is 6.04 Å². The molecule has 6 nitrogen and oxygen atoms in total. The van der Waals surface area contributed by atoms with Crippen LogP contribution in [0.5, 0.6) is 0 Å². The second-order valence-electron chi connectivity index (χ2n) is 1.95. The molecule has 6 N–H and O–H groups in total. The van der Waals surface area contributed by atoms with Crippen LogP contribution >= 0.6 is 0 Å². The summed E-state index contributed by atoms with van der Waals surface area (Å²) >= 11 is 0. The molecule has 66 valence electrons. The van der Waals surface area contributed by atoms with E-state index in [4.69, 9.17) is 16.6 Å². The zero-order chi connectivity index (χ0) is 8.15. The number of carboxylic acids is 1. The van der Waals surface area contributed by atoms with E-state index in [0.29, 0.717) is 0 Å². The molecular formula is C5H11CsN2O4. The van der Waals surface area contributed by atoms with Gasteiger partial charge in [0.15, 0.2) is 0 Å². The zero-order valence-electron chi connectivity index (χ0n) is 6.86. The van der Waals surface area contributed by atoms with Crippen LogP contribution in [-0.2, 0) is 9.59 Å². The molecule has 0 aliphatic rings. The van der Waals surface area contributed by atoms with Gasteiger partial charge in [-0.2, -0.15) is 0 Å². The molecule has 12 heavy (non-hydrogen) atoms. The van der Waals surface area contributed by atoms with Gasteiger partial charge in [0, 0.05) is 6.42 Å². The average molecular weight is 296 g/mol. The number of nitrogens with two attached hydrogens (primary N) is 2. The standard InChI is InChI=1S/C5H10N2O3.Cs.H2O/c6-3(5(9)10)1-2-4(7)8;;/h3H,1-2,6H2,(H2,7,8)(H,9,10);;1H2/q;+1;/p-1/t3-;;/m0../s1. The predicted octanol–water partition coefficient (Wildman–Crippen LogP) is -4.51. The fraction of sp³-hybridized carbons (Fsp3) is 0.600. The SMILES string of the molecule is NC(=O)CC[C@H](N)C(=O)O.[Cs+].[OH-]. The van der Waals surface area contributed by atoms with Gasteiger partial charge in [-0.25, -0.2) is 0 Å². The number of carboxylic acid groups (broad SMARTS) is 1. The normalized spacial score (nSPS) is 10.4. The van der Waals surface area contributed by atoms with E-state index in [0.717, 1.165) is 0 Å². The molecule has 0 unspecified atom stereocenters. The third kappa shape index (κ3) is 10.9. The van der Waals surface area contributed by atoms with Gasteiger partial charge >= 0.3 is 74.9 Å². The molecule has 0 aromatic rings. The maximum absolute atomic E-state index is 10.1. The molecule has 0 heterocycles. The average Bonchev–Trinajstić information content (AvgIpc) is 1.82.